The normalized spacial score (nSPS) is 16.8. The summed E-state index contributed by atoms with van der Waals surface area (Å²) in [7, 11) is 0. The third-order valence-electron chi connectivity index (χ3n) is 3.07. The number of aromatic hydroxyl groups is 1. The molecule has 2 N–H and O–H groups in total. The third kappa shape index (κ3) is 2.38. The molecule has 0 amide bonds. The molecule has 1 unspecified atom stereocenters. The van der Waals surface area contributed by atoms with E-state index in [1.54, 1.807) is 0 Å². The zero-order valence-corrected chi connectivity index (χ0v) is 8.99. The van der Waals surface area contributed by atoms with E-state index in [4.69, 9.17) is 5.11 Å². The van der Waals surface area contributed by atoms with Crippen molar-refractivity contribution >= 4 is 5.97 Å². The van der Waals surface area contributed by atoms with Gasteiger partial charge in [0.15, 0.2) is 11.6 Å². The van der Waals surface area contributed by atoms with Crippen molar-refractivity contribution < 1.29 is 23.8 Å². The van der Waals surface area contributed by atoms with Crippen LogP contribution in [0.3, 0.4) is 0 Å². The van der Waals surface area contributed by atoms with Crippen molar-refractivity contribution in [1.82, 2.24) is 0 Å². The summed E-state index contributed by atoms with van der Waals surface area (Å²) in [4.78, 5) is 10.7. The van der Waals surface area contributed by atoms with Gasteiger partial charge in [0.05, 0.1) is 6.42 Å². The van der Waals surface area contributed by atoms with Crippen molar-refractivity contribution in [3.8, 4) is 5.75 Å². The van der Waals surface area contributed by atoms with Crippen LogP contribution in [0.5, 0.6) is 5.75 Å². The van der Waals surface area contributed by atoms with Gasteiger partial charge in [-0.3, -0.25) is 4.79 Å². The number of hydrogen-bond donors (Lipinski definition) is 2. The maximum Gasteiger partial charge on any atom is 0.303 e. The lowest BCUT2D eigenvalue weighted by Crippen LogP contribution is -2.11. The Labute approximate surface area is 96.7 Å². The van der Waals surface area contributed by atoms with Gasteiger partial charge >= 0.3 is 5.97 Å². The Morgan fingerprint density at radius 1 is 1.35 bits per heavy atom. The number of carboxylic acids is 1. The number of aliphatic carboxylic acids is 1. The van der Waals surface area contributed by atoms with Gasteiger partial charge in [0, 0.05) is 11.5 Å². The molecule has 0 spiro atoms. The maximum atomic E-state index is 13.6. The Balaban J connectivity index is 2.41. The summed E-state index contributed by atoms with van der Waals surface area (Å²) in [6.45, 7) is 0. The highest BCUT2D eigenvalue weighted by Gasteiger charge is 2.37. The minimum Gasteiger partial charge on any atom is -0.505 e. The van der Waals surface area contributed by atoms with Crippen molar-refractivity contribution in [3.05, 3.63) is 29.3 Å². The Hall–Kier alpha value is -1.65. The summed E-state index contributed by atoms with van der Waals surface area (Å²) in [6.07, 6.45) is 1.28. The smallest absolute Gasteiger partial charge is 0.303 e. The summed E-state index contributed by atoms with van der Waals surface area (Å²) in [5, 5.41) is 18.3. The quantitative estimate of drug-likeness (QED) is 0.853. The second-order valence-corrected chi connectivity index (χ2v) is 4.33. The van der Waals surface area contributed by atoms with Crippen LogP contribution in [-0.2, 0) is 4.79 Å². The first-order chi connectivity index (χ1) is 8.00. The molecule has 5 heteroatoms. The van der Waals surface area contributed by atoms with E-state index in [9.17, 15) is 18.7 Å². The lowest BCUT2D eigenvalue weighted by molar-refractivity contribution is -0.137. The minimum absolute atomic E-state index is 0.0216. The third-order valence-corrected chi connectivity index (χ3v) is 3.07. The Morgan fingerprint density at radius 3 is 2.47 bits per heavy atom. The van der Waals surface area contributed by atoms with Crippen molar-refractivity contribution in [3.63, 3.8) is 0 Å². The summed E-state index contributed by atoms with van der Waals surface area (Å²) < 4.78 is 26.8. The zero-order valence-electron chi connectivity index (χ0n) is 8.99. The lowest BCUT2D eigenvalue weighted by atomic mass is 9.89. The van der Waals surface area contributed by atoms with Gasteiger partial charge in [-0.1, -0.05) is 0 Å². The van der Waals surface area contributed by atoms with E-state index >= 15 is 0 Å². The maximum absolute atomic E-state index is 13.6. The predicted molar refractivity (Wildman–Crippen MR) is 55.7 cm³/mol. The first-order valence-corrected chi connectivity index (χ1v) is 5.39. The lowest BCUT2D eigenvalue weighted by Gasteiger charge is -2.17. The zero-order chi connectivity index (χ0) is 12.6. The number of carboxylic acid groups (broad SMARTS) is 1. The second kappa shape index (κ2) is 4.31. The van der Waals surface area contributed by atoms with Gasteiger partial charge < -0.3 is 10.2 Å². The molecule has 3 nitrogen and oxygen atoms in total. The standard InChI is InChI=1S/C12H12F2O3/c13-8-3-4-9(14)12(17)11(8)7(5-10(15)16)6-1-2-6/h3-4,6-7,17H,1-2,5H2,(H,15,16). The van der Waals surface area contributed by atoms with Gasteiger partial charge in [-0.2, -0.15) is 0 Å². The first-order valence-electron chi connectivity index (χ1n) is 5.39. The summed E-state index contributed by atoms with van der Waals surface area (Å²) in [5.74, 6) is -4.14. The van der Waals surface area contributed by atoms with Gasteiger partial charge in [0.25, 0.3) is 0 Å². The predicted octanol–water partition coefficient (Wildman–Crippen LogP) is 2.64. The van der Waals surface area contributed by atoms with E-state index in [1.165, 1.54) is 0 Å². The number of hydrogen-bond acceptors (Lipinski definition) is 2. The van der Waals surface area contributed by atoms with E-state index in [2.05, 4.69) is 0 Å². The van der Waals surface area contributed by atoms with Crippen LogP contribution in [0.15, 0.2) is 12.1 Å². The molecule has 0 bridgehead atoms. The molecule has 0 saturated heterocycles. The molecule has 0 aliphatic heterocycles. The van der Waals surface area contributed by atoms with Gasteiger partial charge in [-0.05, 0) is 30.9 Å². The SMILES string of the molecule is O=C(O)CC(c1c(F)ccc(F)c1O)C1CC1. The largest absolute Gasteiger partial charge is 0.505 e. The number of halogens is 2. The van der Waals surface area contributed by atoms with Gasteiger partial charge in [-0.25, -0.2) is 8.78 Å². The molecule has 1 aromatic rings. The monoisotopic (exact) mass is 242 g/mol. The molecule has 92 valence electrons. The van der Waals surface area contributed by atoms with E-state index in [0.29, 0.717) is 0 Å². The Morgan fingerprint density at radius 2 is 1.94 bits per heavy atom. The summed E-state index contributed by atoms with van der Waals surface area (Å²) in [6, 6.07) is 1.75. The molecular weight excluding hydrogens is 230 g/mol. The first kappa shape index (κ1) is 11.8. The van der Waals surface area contributed by atoms with Gasteiger partial charge in [0.2, 0.25) is 0 Å². The van der Waals surface area contributed by atoms with E-state index < -0.39 is 29.3 Å². The Bertz CT molecular complexity index is 455. The minimum atomic E-state index is -1.08. The average Bonchev–Trinajstić information content (AvgIpc) is 3.06. The fourth-order valence-corrected chi connectivity index (χ4v) is 2.10. The molecule has 1 atom stereocenters. The molecule has 0 aromatic heterocycles. The van der Waals surface area contributed by atoms with Crippen LogP contribution in [0.4, 0.5) is 8.78 Å². The van der Waals surface area contributed by atoms with E-state index in [0.717, 1.165) is 25.0 Å². The number of rotatable bonds is 4. The fourth-order valence-electron chi connectivity index (χ4n) is 2.10. The molecule has 1 saturated carbocycles. The number of carbonyl (C=O) groups is 1. The number of benzene rings is 1. The van der Waals surface area contributed by atoms with Crippen LogP contribution >= 0.6 is 0 Å². The molecule has 1 fully saturated rings. The van der Waals surface area contributed by atoms with Crippen LogP contribution in [0.25, 0.3) is 0 Å². The number of phenols is 1. The molecule has 0 heterocycles. The van der Waals surface area contributed by atoms with Gasteiger partial charge in [0.1, 0.15) is 5.82 Å². The highest BCUT2D eigenvalue weighted by Crippen LogP contribution is 2.48. The molecule has 2 rings (SSSR count). The highest BCUT2D eigenvalue weighted by atomic mass is 19.1. The molecule has 1 aliphatic rings. The fraction of sp³-hybridized carbons (Fsp3) is 0.417. The average molecular weight is 242 g/mol. The van der Waals surface area contributed by atoms with Crippen molar-refractivity contribution in [2.45, 2.75) is 25.2 Å². The van der Waals surface area contributed by atoms with Crippen LogP contribution in [0.2, 0.25) is 0 Å². The topological polar surface area (TPSA) is 57.5 Å². The van der Waals surface area contributed by atoms with Crippen LogP contribution in [0, 0.1) is 17.6 Å². The summed E-state index contributed by atoms with van der Waals surface area (Å²) >= 11 is 0. The van der Waals surface area contributed by atoms with Crippen LogP contribution in [-0.4, -0.2) is 16.2 Å². The van der Waals surface area contributed by atoms with Crippen molar-refractivity contribution in [2.24, 2.45) is 5.92 Å². The van der Waals surface area contributed by atoms with E-state index in [-0.39, 0.29) is 17.9 Å². The van der Waals surface area contributed by atoms with Crippen molar-refractivity contribution in [1.29, 1.82) is 0 Å². The molecule has 1 aliphatic carbocycles. The molecule has 17 heavy (non-hydrogen) atoms. The van der Waals surface area contributed by atoms with E-state index in [1.807, 2.05) is 0 Å². The number of phenolic OH excluding ortho intramolecular Hbond substituents is 1. The Kier molecular flexibility index (Phi) is 3.00. The molecule has 1 aromatic carbocycles. The van der Waals surface area contributed by atoms with Crippen LogP contribution < -0.4 is 0 Å². The highest BCUT2D eigenvalue weighted by molar-refractivity contribution is 5.68. The molecule has 0 radical (unpaired) electrons. The molecular formula is C12H12F2O3. The van der Waals surface area contributed by atoms with Crippen molar-refractivity contribution in [2.75, 3.05) is 0 Å². The second-order valence-electron chi connectivity index (χ2n) is 4.33. The van der Waals surface area contributed by atoms with Gasteiger partial charge in [-0.15, -0.1) is 0 Å². The van der Waals surface area contributed by atoms with Crippen LogP contribution in [0.1, 0.15) is 30.7 Å². The summed E-state index contributed by atoms with van der Waals surface area (Å²) in [5.41, 5.74) is -0.199.